The Morgan fingerprint density at radius 3 is 1.56 bits per heavy atom. The van der Waals surface area contributed by atoms with Gasteiger partial charge in [-0.2, -0.15) is 0 Å². The van der Waals surface area contributed by atoms with E-state index in [-0.39, 0.29) is 16.6 Å². The van der Waals surface area contributed by atoms with Crippen molar-refractivity contribution in [3.8, 4) is 17.0 Å². The van der Waals surface area contributed by atoms with Gasteiger partial charge in [0.1, 0.15) is 5.82 Å². The van der Waals surface area contributed by atoms with Crippen LogP contribution in [0, 0.1) is 12.7 Å². The molecule has 3 aromatic rings. The lowest BCUT2D eigenvalue weighted by Gasteiger charge is -2.29. The molecule has 0 saturated heterocycles. The minimum atomic E-state index is -0.106. The van der Waals surface area contributed by atoms with Gasteiger partial charge < -0.3 is 4.74 Å². The molecule has 0 atom stereocenters. The topological polar surface area (TPSA) is 22.1 Å². The lowest BCUT2D eigenvalue weighted by atomic mass is 9.75. The minimum Gasteiger partial charge on any atom is -0.481 e. The molecule has 214 valence electrons. The average Bonchev–Trinajstić information content (AvgIpc) is 2.81. The molecule has 0 spiro atoms. The third-order valence-corrected chi connectivity index (χ3v) is 7.10. The first-order valence-electron chi connectivity index (χ1n) is 14.4. The number of hydrogen-bond acceptors (Lipinski definition) is 2. The molecule has 3 rings (SSSR count). The fraction of sp³-hybridized carbons (Fsp3) is 0.528. The van der Waals surface area contributed by atoms with Gasteiger partial charge in [-0.3, -0.25) is 0 Å². The van der Waals surface area contributed by atoms with Crippen LogP contribution in [-0.2, 0) is 10.8 Å². The molecule has 0 aliphatic carbocycles. The van der Waals surface area contributed by atoms with Crippen molar-refractivity contribution in [2.75, 3.05) is 7.11 Å². The molecular weight excluding hydrogens is 481 g/mol. The first-order valence-corrected chi connectivity index (χ1v) is 14.4. The van der Waals surface area contributed by atoms with Gasteiger partial charge in [-0.1, -0.05) is 101 Å². The van der Waals surface area contributed by atoms with Crippen LogP contribution in [0.3, 0.4) is 0 Å². The summed E-state index contributed by atoms with van der Waals surface area (Å²) in [6.07, 6.45) is 1.82. The fourth-order valence-corrected chi connectivity index (χ4v) is 5.45. The Labute approximate surface area is 238 Å². The van der Waals surface area contributed by atoms with Crippen molar-refractivity contribution in [1.29, 1.82) is 0 Å². The summed E-state index contributed by atoms with van der Waals surface area (Å²) in [5.41, 5.74) is 10.4. The Kier molecular flexibility index (Phi) is 10.6. The van der Waals surface area contributed by atoms with E-state index in [1.165, 1.54) is 33.4 Å². The number of methoxy groups -OCH3 is 1. The van der Waals surface area contributed by atoms with Crippen LogP contribution in [0.1, 0.15) is 134 Å². The number of benzene rings is 2. The lowest BCUT2D eigenvalue weighted by molar-refractivity contribution is 0.398. The molecule has 1 aromatic heterocycles. The number of halogens is 1. The maximum absolute atomic E-state index is 13.7. The Hall–Kier alpha value is -2.68. The smallest absolute Gasteiger partial charge is 0.213 e. The number of aromatic nitrogens is 1. The van der Waals surface area contributed by atoms with Crippen molar-refractivity contribution in [3.05, 3.63) is 81.8 Å². The van der Waals surface area contributed by atoms with E-state index in [2.05, 4.69) is 113 Å². The largest absolute Gasteiger partial charge is 0.481 e. The molecule has 1 heterocycles. The normalized spacial score (nSPS) is 12.2. The standard InChI is InChI=1S/C20H27NO.C16H25F/c1-13(2)16-10-14(3)11-17(19(16)20(4,5)6)15-8-9-21-18(12-15)22-7;1-10(2)13-8-12(17)9-14(11(3)4)15(13)16(5,6)7/h8-13H,1-7H3;8-11H,1-7H3. The van der Waals surface area contributed by atoms with E-state index < -0.39 is 0 Å². The van der Waals surface area contributed by atoms with Crippen molar-refractivity contribution >= 4 is 0 Å². The Balaban J connectivity index is 0.000000283. The Morgan fingerprint density at radius 1 is 0.692 bits per heavy atom. The molecule has 2 nitrogen and oxygen atoms in total. The van der Waals surface area contributed by atoms with Crippen LogP contribution in [-0.4, -0.2) is 12.1 Å². The highest BCUT2D eigenvalue weighted by Gasteiger charge is 2.26. The number of hydrogen-bond donors (Lipinski definition) is 0. The molecule has 0 unspecified atom stereocenters. The summed E-state index contributed by atoms with van der Waals surface area (Å²) in [6, 6.07) is 12.1. The number of pyridine rings is 1. The number of aryl methyl sites for hydroxylation is 1. The van der Waals surface area contributed by atoms with Crippen LogP contribution >= 0.6 is 0 Å². The Bertz CT molecular complexity index is 1230. The van der Waals surface area contributed by atoms with Crippen molar-refractivity contribution in [1.82, 2.24) is 4.98 Å². The molecule has 0 amide bonds. The number of ether oxygens (including phenoxy) is 1. The molecule has 2 aromatic carbocycles. The molecule has 0 aliphatic rings. The van der Waals surface area contributed by atoms with Gasteiger partial charge in [0, 0.05) is 12.3 Å². The summed E-state index contributed by atoms with van der Waals surface area (Å²) in [5.74, 6) is 1.77. The highest BCUT2D eigenvalue weighted by molar-refractivity contribution is 5.72. The third kappa shape index (κ3) is 8.16. The van der Waals surface area contributed by atoms with Crippen molar-refractivity contribution in [2.24, 2.45) is 0 Å². The minimum absolute atomic E-state index is 0.0624. The maximum atomic E-state index is 13.7. The van der Waals surface area contributed by atoms with Crippen LogP contribution in [0.2, 0.25) is 0 Å². The monoisotopic (exact) mass is 533 g/mol. The molecule has 0 fully saturated rings. The van der Waals surface area contributed by atoms with E-state index in [4.69, 9.17) is 4.74 Å². The summed E-state index contributed by atoms with van der Waals surface area (Å²) < 4.78 is 19.0. The van der Waals surface area contributed by atoms with E-state index in [0.717, 1.165) is 11.1 Å². The molecular formula is C36H52FNO. The zero-order valence-corrected chi connectivity index (χ0v) is 27.0. The zero-order valence-electron chi connectivity index (χ0n) is 27.0. The maximum Gasteiger partial charge on any atom is 0.213 e. The predicted octanol–water partition coefficient (Wildman–Crippen LogP) is 10.9. The molecule has 0 N–H and O–H groups in total. The Morgan fingerprint density at radius 2 is 1.15 bits per heavy atom. The van der Waals surface area contributed by atoms with E-state index in [1.54, 1.807) is 19.2 Å². The second-order valence-corrected chi connectivity index (χ2v) is 13.8. The summed E-state index contributed by atoms with van der Waals surface area (Å²) in [6.45, 7) is 28.7. The van der Waals surface area contributed by atoms with E-state index >= 15 is 0 Å². The van der Waals surface area contributed by atoms with E-state index in [9.17, 15) is 4.39 Å². The molecule has 0 radical (unpaired) electrons. The summed E-state index contributed by atoms with van der Waals surface area (Å²) in [4.78, 5) is 4.23. The van der Waals surface area contributed by atoms with Crippen molar-refractivity contribution in [3.63, 3.8) is 0 Å². The SMILES string of the molecule is CC(C)c1cc(F)cc(C(C)C)c1C(C)(C)C.COc1cc(-c2cc(C)cc(C(C)C)c2C(C)(C)C)ccn1. The number of rotatable bonds is 5. The predicted molar refractivity (Wildman–Crippen MR) is 167 cm³/mol. The highest BCUT2D eigenvalue weighted by Crippen LogP contribution is 2.40. The van der Waals surface area contributed by atoms with Crippen LogP contribution in [0.4, 0.5) is 4.39 Å². The number of nitrogens with zero attached hydrogens (tertiary/aromatic N) is 1. The second kappa shape index (κ2) is 12.7. The fourth-order valence-electron chi connectivity index (χ4n) is 5.45. The van der Waals surface area contributed by atoms with Crippen LogP contribution in [0.5, 0.6) is 5.88 Å². The molecule has 0 bridgehead atoms. The summed E-state index contributed by atoms with van der Waals surface area (Å²) in [5, 5.41) is 0. The first-order chi connectivity index (χ1) is 17.9. The summed E-state index contributed by atoms with van der Waals surface area (Å²) in [7, 11) is 1.66. The van der Waals surface area contributed by atoms with Crippen molar-refractivity contribution in [2.45, 2.75) is 119 Å². The average molecular weight is 534 g/mol. The van der Waals surface area contributed by atoms with E-state index in [0.29, 0.717) is 23.6 Å². The van der Waals surface area contributed by atoms with Gasteiger partial charge in [0.25, 0.3) is 0 Å². The second-order valence-electron chi connectivity index (χ2n) is 13.8. The molecule has 0 aliphatic heterocycles. The van der Waals surface area contributed by atoms with Gasteiger partial charge in [0.15, 0.2) is 0 Å². The van der Waals surface area contributed by atoms with Crippen LogP contribution < -0.4 is 4.74 Å². The van der Waals surface area contributed by atoms with Gasteiger partial charge in [-0.05, 0) is 92.7 Å². The van der Waals surface area contributed by atoms with Crippen molar-refractivity contribution < 1.29 is 9.13 Å². The van der Waals surface area contributed by atoms with Crippen LogP contribution in [0.25, 0.3) is 11.1 Å². The molecule has 3 heteroatoms. The summed E-state index contributed by atoms with van der Waals surface area (Å²) >= 11 is 0. The van der Waals surface area contributed by atoms with E-state index in [1.807, 2.05) is 12.3 Å². The zero-order chi connectivity index (χ0) is 29.9. The van der Waals surface area contributed by atoms with Gasteiger partial charge in [0.2, 0.25) is 5.88 Å². The molecule has 0 saturated carbocycles. The van der Waals surface area contributed by atoms with Crippen LogP contribution in [0.15, 0.2) is 42.6 Å². The van der Waals surface area contributed by atoms with Gasteiger partial charge in [-0.15, -0.1) is 0 Å². The van der Waals surface area contributed by atoms with Gasteiger partial charge in [-0.25, -0.2) is 9.37 Å². The highest BCUT2D eigenvalue weighted by atomic mass is 19.1. The van der Waals surface area contributed by atoms with Gasteiger partial charge >= 0.3 is 0 Å². The quantitative estimate of drug-likeness (QED) is 0.325. The molecule has 39 heavy (non-hydrogen) atoms. The third-order valence-electron chi connectivity index (χ3n) is 7.10. The first kappa shape index (κ1) is 32.5. The van der Waals surface area contributed by atoms with Gasteiger partial charge in [0.05, 0.1) is 7.11 Å². The lowest BCUT2D eigenvalue weighted by Crippen LogP contribution is -2.19.